The fraction of sp³-hybridized carbons (Fsp3) is 0.900. The third kappa shape index (κ3) is 1.25. The van der Waals surface area contributed by atoms with Crippen LogP contribution in [-0.4, -0.2) is 35.0 Å². The maximum Gasteiger partial charge on any atom is 0.306 e. The van der Waals surface area contributed by atoms with Crippen LogP contribution in [0.25, 0.3) is 0 Å². The van der Waals surface area contributed by atoms with Crippen LogP contribution in [0.2, 0.25) is 0 Å². The van der Waals surface area contributed by atoms with Crippen molar-refractivity contribution < 1.29 is 19.7 Å². The highest BCUT2D eigenvalue weighted by molar-refractivity contribution is 5.72. The first kappa shape index (κ1) is 9.93. The first-order chi connectivity index (χ1) is 6.73. The van der Waals surface area contributed by atoms with Crippen LogP contribution in [0.4, 0.5) is 0 Å². The number of hydrogen-bond acceptors (Lipinski definition) is 4. The lowest BCUT2D eigenvalue weighted by molar-refractivity contribution is -0.158. The Hall–Kier alpha value is -0.610. The first-order valence-electron chi connectivity index (χ1n) is 5.16. The maximum atomic E-state index is 11.1. The van der Waals surface area contributed by atoms with Crippen LogP contribution in [0, 0.1) is 11.8 Å². The van der Waals surface area contributed by atoms with Gasteiger partial charge in [0.2, 0.25) is 0 Å². The molecule has 1 unspecified atom stereocenters. The van der Waals surface area contributed by atoms with Gasteiger partial charge in [-0.2, -0.15) is 0 Å². The molecule has 0 aromatic carbocycles. The van der Waals surface area contributed by atoms with Crippen LogP contribution in [0.15, 0.2) is 0 Å². The van der Waals surface area contributed by atoms with Gasteiger partial charge in [0.25, 0.3) is 0 Å². The first-order valence-corrected chi connectivity index (χ1v) is 5.16. The van der Waals surface area contributed by atoms with Crippen LogP contribution < -0.4 is 0 Å². The minimum absolute atomic E-state index is 0.0195. The molecule has 2 N–H and O–H groups in total. The van der Waals surface area contributed by atoms with Gasteiger partial charge in [-0.05, 0) is 19.3 Å². The van der Waals surface area contributed by atoms with E-state index in [9.17, 15) is 15.0 Å². The number of ether oxygens (including phenoxy) is 1. The predicted octanol–water partition coefficient (Wildman–Crippen LogP) is 0.0730. The van der Waals surface area contributed by atoms with E-state index in [-0.39, 0.29) is 31.0 Å². The Morgan fingerprint density at radius 2 is 1.86 bits per heavy atom. The molecule has 0 bridgehead atoms. The highest BCUT2D eigenvalue weighted by Gasteiger charge is 2.55. The van der Waals surface area contributed by atoms with E-state index in [2.05, 4.69) is 0 Å². The van der Waals surface area contributed by atoms with Crippen molar-refractivity contribution in [3.63, 3.8) is 0 Å². The van der Waals surface area contributed by atoms with Gasteiger partial charge in [0.1, 0.15) is 5.60 Å². The van der Waals surface area contributed by atoms with E-state index in [4.69, 9.17) is 4.74 Å². The Balaban J connectivity index is 2.22. The highest BCUT2D eigenvalue weighted by Crippen LogP contribution is 2.49. The number of carbonyl (C=O) groups is 1. The van der Waals surface area contributed by atoms with Crippen molar-refractivity contribution in [2.45, 2.75) is 31.3 Å². The summed E-state index contributed by atoms with van der Waals surface area (Å²) in [6.07, 6.45) is 2.76. The molecular weight excluding hydrogens is 184 g/mol. The van der Waals surface area contributed by atoms with E-state index in [0.29, 0.717) is 12.8 Å². The van der Waals surface area contributed by atoms with E-state index < -0.39 is 5.60 Å². The topological polar surface area (TPSA) is 66.8 Å². The van der Waals surface area contributed by atoms with Gasteiger partial charge in [0.15, 0.2) is 0 Å². The Kier molecular flexibility index (Phi) is 2.49. The third-order valence-corrected chi connectivity index (χ3v) is 3.71. The number of rotatable bonds is 2. The standard InChI is InChI=1S/C10H16O4/c11-5-7-1-2-8(6-12)10(7)4-3-9(13)14-10/h7-8,11-12H,1-6H2/t7-,8+,10?. The van der Waals surface area contributed by atoms with Crippen molar-refractivity contribution in [1.29, 1.82) is 0 Å². The van der Waals surface area contributed by atoms with E-state index >= 15 is 0 Å². The molecule has 1 saturated carbocycles. The summed E-state index contributed by atoms with van der Waals surface area (Å²) < 4.78 is 5.36. The van der Waals surface area contributed by atoms with Crippen molar-refractivity contribution in [3.05, 3.63) is 0 Å². The normalized spacial score (nSPS) is 42.0. The molecule has 1 saturated heterocycles. The quantitative estimate of drug-likeness (QED) is 0.619. The van der Waals surface area contributed by atoms with Crippen molar-refractivity contribution in [2.75, 3.05) is 13.2 Å². The lowest BCUT2D eigenvalue weighted by Crippen LogP contribution is -2.42. The lowest BCUT2D eigenvalue weighted by Gasteiger charge is -2.33. The molecule has 1 aliphatic heterocycles. The van der Waals surface area contributed by atoms with E-state index in [1.54, 1.807) is 0 Å². The molecule has 80 valence electrons. The van der Waals surface area contributed by atoms with Gasteiger partial charge in [-0.1, -0.05) is 0 Å². The SMILES string of the molecule is O=C1CCC2(O1)[C@H](CO)CC[C@@H]2CO. The second-order valence-corrected chi connectivity index (χ2v) is 4.27. The maximum absolute atomic E-state index is 11.1. The molecular formula is C10H16O4. The average Bonchev–Trinajstić information content (AvgIpc) is 2.72. The Morgan fingerprint density at radius 1 is 1.29 bits per heavy atom. The molecule has 1 aliphatic carbocycles. The highest BCUT2D eigenvalue weighted by atomic mass is 16.6. The van der Waals surface area contributed by atoms with Crippen molar-refractivity contribution >= 4 is 5.97 Å². The molecule has 0 amide bonds. The van der Waals surface area contributed by atoms with Crippen molar-refractivity contribution in [1.82, 2.24) is 0 Å². The second-order valence-electron chi connectivity index (χ2n) is 4.27. The lowest BCUT2D eigenvalue weighted by atomic mass is 9.82. The molecule has 0 radical (unpaired) electrons. The summed E-state index contributed by atoms with van der Waals surface area (Å²) in [5.74, 6) is -0.152. The van der Waals surface area contributed by atoms with Gasteiger partial charge >= 0.3 is 5.97 Å². The zero-order chi connectivity index (χ0) is 10.2. The summed E-state index contributed by atoms with van der Waals surface area (Å²) in [5.41, 5.74) is -0.555. The van der Waals surface area contributed by atoms with Gasteiger partial charge in [0.05, 0.1) is 0 Å². The summed E-state index contributed by atoms with van der Waals surface area (Å²) in [6, 6.07) is 0. The fourth-order valence-electron chi connectivity index (χ4n) is 2.90. The minimum atomic E-state index is -0.555. The average molecular weight is 200 g/mol. The predicted molar refractivity (Wildman–Crippen MR) is 48.4 cm³/mol. The molecule has 2 aliphatic rings. The number of hydrogen-bond donors (Lipinski definition) is 2. The monoisotopic (exact) mass is 200 g/mol. The fourth-order valence-corrected chi connectivity index (χ4v) is 2.90. The number of carbonyl (C=O) groups excluding carboxylic acids is 1. The van der Waals surface area contributed by atoms with Crippen molar-refractivity contribution in [2.24, 2.45) is 11.8 Å². The second kappa shape index (κ2) is 3.51. The largest absolute Gasteiger partial charge is 0.458 e. The number of aliphatic hydroxyl groups is 2. The van der Waals surface area contributed by atoms with Gasteiger partial charge < -0.3 is 14.9 Å². The Morgan fingerprint density at radius 3 is 2.21 bits per heavy atom. The van der Waals surface area contributed by atoms with Gasteiger partial charge in [-0.15, -0.1) is 0 Å². The van der Waals surface area contributed by atoms with E-state index in [1.165, 1.54) is 0 Å². The van der Waals surface area contributed by atoms with E-state index in [1.807, 2.05) is 0 Å². The molecule has 4 nitrogen and oxygen atoms in total. The molecule has 0 aromatic rings. The summed E-state index contributed by atoms with van der Waals surface area (Å²) in [5, 5.41) is 18.4. The summed E-state index contributed by atoms with van der Waals surface area (Å²) in [4.78, 5) is 11.1. The van der Waals surface area contributed by atoms with Gasteiger partial charge in [-0.3, -0.25) is 4.79 Å². The van der Waals surface area contributed by atoms with Crippen LogP contribution >= 0.6 is 0 Å². The van der Waals surface area contributed by atoms with Crippen LogP contribution in [-0.2, 0) is 9.53 Å². The van der Waals surface area contributed by atoms with E-state index in [0.717, 1.165) is 12.8 Å². The number of aliphatic hydroxyl groups excluding tert-OH is 2. The zero-order valence-electron chi connectivity index (χ0n) is 8.11. The third-order valence-electron chi connectivity index (χ3n) is 3.71. The van der Waals surface area contributed by atoms with Gasteiger partial charge in [-0.25, -0.2) is 0 Å². The molecule has 3 atom stereocenters. The molecule has 2 fully saturated rings. The Labute approximate surface area is 82.9 Å². The smallest absolute Gasteiger partial charge is 0.306 e. The van der Waals surface area contributed by atoms with Crippen LogP contribution in [0.5, 0.6) is 0 Å². The summed E-state index contributed by atoms with van der Waals surface area (Å²) in [7, 11) is 0. The molecule has 1 spiro atoms. The Bertz CT molecular complexity index is 226. The minimum Gasteiger partial charge on any atom is -0.458 e. The van der Waals surface area contributed by atoms with Crippen LogP contribution in [0.3, 0.4) is 0 Å². The summed E-state index contributed by atoms with van der Waals surface area (Å²) >= 11 is 0. The van der Waals surface area contributed by atoms with Crippen LogP contribution in [0.1, 0.15) is 25.7 Å². The molecule has 2 rings (SSSR count). The zero-order valence-corrected chi connectivity index (χ0v) is 8.11. The summed E-state index contributed by atoms with van der Waals surface area (Å²) in [6.45, 7) is 0.0908. The molecule has 4 heteroatoms. The number of esters is 1. The van der Waals surface area contributed by atoms with Crippen molar-refractivity contribution in [3.8, 4) is 0 Å². The molecule has 14 heavy (non-hydrogen) atoms. The van der Waals surface area contributed by atoms with Gasteiger partial charge in [0, 0.05) is 31.5 Å². The molecule has 0 aromatic heterocycles. The molecule has 1 heterocycles.